The first kappa shape index (κ1) is 22.6. The zero-order valence-electron chi connectivity index (χ0n) is 20.6. The number of carbonyl (C=O) groups is 1. The van der Waals surface area contributed by atoms with Crippen molar-refractivity contribution in [2.24, 2.45) is 5.92 Å². The highest BCUT2D eigenvalue weighted by atomic mass is 16.6. The summed E-state index contributed by atoms with van der Waals surface area (Å²) in [6.45, 7) is 4.56. The molecule has 8 heteroatoms. The third-order valence-electron chi connectivity index (χ3n) is 7.25. The lowest BCUT2D eigenvalue weighted by Crippen LogP contribution is -2.50. The van der Waals surface area contributed by atoms with Gasteiger partial charge in [-0.25, -0.2) is 4.79 Å². The van der Waals surface area contributed by atoms with E-state index in [1.165, 1.54) is 6.42 Å². The van der Waals surface area contributed by atoms with Gasteiger partial charge < -0.3 is 14.0 Å². The summed E-state index contributed by atoms with van der Waals surface area (Å²) >= 11 is 0. The Hall–Kier alpha value is -3.81. The number of rotatable bonds is 8. The van der Waals surface area contributed by atoms with Crippen molar-refractivity contribution in [3.05, 3.63) is 54.8 Å². The number of hydrogen-bond donors (Lipinski definition) is 1. The van der Waals surface area contributed by atoms with Crippen LogP contribution in [0.25, 0.3) is 28.0 Å². The van der Waals surface area contributed by atoms with Crippen molar-refractivity contribution in [3.63, 3.8) is 0 Å². The number of hydrogen-bond acceptors (Lipinski definition) is 5. The minimum absolute atomic E-state index is 0.0513. The molecule has 2 aliphatic rings. The fourth-order valence-corrected chi connectivity index (χ4v) is 4.98. The molecular weight excluding hydrogens is 456 g/mol. The van der Waals surface area contributed by atoms with Crippen LogP contribution in [0.5, 0.6) is 5.75 Å². The Labute approximate surface area is 209 Å². The van der Waals surface area contributed by atoms with Crippen molar-refractivity contribution >= 4 is 22.7 Å². The van der Waals surface area contributed by atoms with Crippen molar-refractivity contribution in [2.45, 2.75) is 58.1 Å². The monoisotopic (exact) mass is 487 g/mol. The van der Waals surface area contributed by atoms with E-state index in [1.807, 2.05) is 50.2 Å². The molecule has 2 fully saturated rings. The Balaban J connectivity index is 1.41. The number of benzene rings is 2. The maximum atomic E-state index is 12.3. The van der Waals surface area contributed by atoms with Gasteiger partial charge in [0, 0.05) is 24.6 Å². The van der Waals surface area contributed by atoms with E-state index >= 15 is 0 Å². The van der Waals surface area contributed by atoms with Gasteiger partial charge in [0.05, 0.1) is 18.1 Å². The normalized spacial score (nSPS) is 16.5. The molecule has 2 saturated carbocycles. The molecule has 4 aromatic rings. The summed E-state index contributed by atoms with van der Waals surface area (Å²) in [4.78, 5) is 12.3. The summed E-state index contributed by atoms with van der Waals surface area (Å²) in [6, 6.07) is 16.3. The molecule has 1 unspecified atom stereocenters. The van der Waals surface area contributed by atoms with E-state index in [0.717, 1.165) is 59.4 Å². The van der Waals surface area contributed by atoms with Gasteiger partial charge in [0.2, 0.25) is 5.52 Å². The Morgan fingerprint density at radius 3 is 2.61 bits per heavy atom. The zero-order valence-corrected chi connectivity index (χ0v) is 20.6. The predicted molar refractivity (Wildman–Crippen MR) is 135 cm³/mol. The predicted octanol–water partition coefficient (Wildman–Crippen LogP) is 6.04. The first-order valence-electron chi connectivity index (χ1n) is 12.8. The van der Waals surface area contributed by atoms with E-state index in [4.69, 9.17) is 14.0 Å². The molecule has 1 atom stereocenters. The third-order valence-corrected chi connectivity index (χ3v) is 7.25. The Bertz CT molecular complexity index is 1370. The molecule has 0 bridgehead atoms. The second-order valence-electron chi connectivity index (χ2n) is 9.71. The molecule has 0 radical (unpaired) electrons. The van der Waals surface area contributed by atoms with Gasteiger partial charge >= 0.3 is 6.09 Å². The highest BCUT2D eigenvalue weighted by molar-refractivity contribution is 5.92. The van der Waals surface area contributed by atoms with E-state index in [-0.39, 0.29) is 6.10 Å². The van der Waals surface area contributed by atoms with Gasteiger partial charge in [-0.2, -0.15) is 0 Å². The lowest BCUT2D eigenvalue weighted by Gasteiger charge is -2.21. The standard InChI is InChI=1S/C28H30N4O4/c1-3-34-23-13-14-24-26(17-23)31(21-5-4-6-21)32(27(24)25-15-16-35-30-25)22-11-9-20(10-12-22)29-28(33)36-18(2)19-7-8-19/h9-19,21H,3-8H2,1-2H3/p+1. The molecule has 1 amide bonds. The van der Waals surface area contributed by atoms with Crippen LogP contribution in [0.2, 0.25) is 0 Å². The largest absolute Gasteiger partial charge is 0.494 e. The highest BCUT2D eigenvalue weighted by Gasteiger charge is 2.37. The van der Waals surface area contributed by atoms with Gasteiger partial charge in [0.25, 0.3) is 0 Å². The van der Waals surface area contributed by atoms with Crippen molar-refractivity contribution < 1.29 is 23.5 Å². The second-order valence-corrected chi connectivity index (χ2v) is 9.71. The van der Waals surface area contributed by atoms with Gasteiger partial charge in [-0.05, 0) is 75.4 Å². The molecule has 6 rings (SSSR count). The van der Waals surface area contributed by atoms with E-state index in [9.17, 15) is 4.79 Å². The Morgan fingerprint density at radius 2 is 1.97 bits per heavy atom. The van der Waals surface area contributed by atoms with Crippen LogP contribution < -0.4 is 14.7 Å². The average molecular weight is 488 g/mol. The first-order chi connectivity index (χ1) is 17.6. The lowest BCUT2D eigenvalue weighted by atomic mass is 9.93. The van der Waals surface area contributed by atoms with Crippen LogP contribution in [0.15, 0.2) is 59.3 Å². The Morgan fingerprint density at radius 1 is 1.17 bits per heavy atom. The van der Waals surface area contributed by atoms with E-state index in [1.54, 1.807) is 6.26 Å². The summed E-state index contributed by atoms with van der Waals surface area (Å²) in [6.07, 6.45) is 6.85. The van der Waals surface area contributed by atoms with Crippen molar-refractivity contribution in [1.82, 2.24) is 9.84 Å². The fraction of sp³-hybridized carbons (Fsp3) is 0.393. The average Bonchev–Trinajstić information content (AvgIpc) is 3.47. The summed E-state index contributed by atoms with van der Waals surface area (Å²) in [5, 5.41) is 8.23. The quantitative estimate of drug-likeness (QED) is 0.306. The van der Waals surface area contributed by atoms with E-state index in [2.05, 4.69) is 32.0 Å². The number of aromatic nitrogens is 3. The van der Waals surface area contributed by atoms with Crippen LogP contribution in [0.3, 0.4) is 0 Å². The van der Waals surface area contributed by atoms with Crippen molar-refractivity contribution in [1.29, 1.82) is 0 Å². The number of nitrogens with zero attached hydrogens (tertiary/aromatic N) is 3. The summed E-state index contributed by atoms with van der Waals surface area (Å²) in [5.41, 5.74) is 4.50. The van der Waals surface area contributed by atoms with Crippen LogP contribution in [-0.2, 0) is 4.74 Å². The minimum Gasteiger partial charge on any atom is -0.494 e. The molecular formula is C28H31N4O4+. The Kier molecular flexibility index (Phi) is 5.87. The third kappa shape index (κ3) is 4.21. The molecule has 8 nitrogen and oxygen atoms in total. The maximum Gasteiger partial charge on any atom is 0.411 e. The zero-order chi connectivity index (χ0) is 24.6. The molecule has 1 N–H and O–H groups in total. The molecule has 0 aliphatic heterocycles. The van der Waals surface area contributed by atoms with Crippen molar-refractivity contribution in [3.8, 4) is 22.8 Å². The number of carbonyl (C=O) groups excluding carboxylic acids is 1. The topological polar surface area (TPSA) is 82.4 Å². The summed E-state index contributed by atoms with van der Waals surface area (Å²) in [5.74, 6) is 1.35. The summed E-state index contributed by atoms with van der Waals surface area (Å²) in [7, 11) is 0. The van der Waals surface area contributed by atoms with Crippen LogP contribution in [0.4, 0.5) is 10.5 Å². The molecule has 0 saturated heterocycles. The number of fused-ring (bicyclic) bond motifs is 1. The number of nitrogens with one attached hydrogen (secondary N) is 1. The van der Waals surface area contributed by atoms with Gasteiger partial charge in [-0.3, -0.25) is 5.32 Å². The molecule has 2 aliphatic carbocycles. The SMILES string of the molecule is CCOc1ccc2c(-c3ccon3)n(-c3ccc(NC(=O)OC(C)C4CC4)cc3)[n+](C3CCC3)c2c1. The lowest BCUT2D eigenvalue weighted by molar-refractivity contribution is -0.775. The number of ether oxygens (including phenoxy) is 2. The maximum absolute atomic E-state index is 12.3. The fourth-order valence-electron chi connectivity index (χ4n) is 4.98. The smallest absolute Gasteiger partial charge is 0.411 e. The van der Waals surface area contributed by atoms with Gasteiger partial charge in [0.1, 0.15) is 35.2 Å². The minimum atomic E-state index is -0.412. The molecule has 2 aromatic carbocycles. The second kappa shape index (κ2) is 9.33. The van der Waals surface area contributed by atoms with Gasteiger partial charge in [0.15, 0.2) is 6.04 Å². The number of amides is 1. The van der Waals surface area contributed by atoms with Crippen LogP contribution in [-0.4, -0.2) is 28.6 Å². The first-order valence-corrected chi connectivity index (χ1v) is 12.8. The van der Waals surface area contributed by atoms with Gasteiger partial charge in [-0.15, -0.1) is 4.68 Å². The van der Waals surface area contributed by atoms with Crippen LogP contribution in [0, 0.1) is 5.92 Å². The van der Waals surface area contributed by atoms with Crippen molar-refractivity contribution in [2.75, 3.05) is 11.9 Å². The van der Waals surface area contributed by atoms with Crippen LogP contribution >= 0.6 is 0 Å². The molecule has 2 heterocycles. The molecule has 186 valence electrons. The van der Waals surface area contributed by atoms with E-state index in [0.29, 0.717) is 24.3 Å². The molecule has 36 heavy (non-hydrogen) atoms. The number of anilines is 1. The molecule has 0 spiro atoms. The summed E-state index contributed by atoms with van der Waals surface area (Å²) < 4.78 is 21.2. The highest BCUT2D eigenvalue weighted by Crippen LogP contribution is 2.37. The van der Waals surface area contributed by atoms with E-state index < -0.39 is 6.09 Å². The van der Waals surface area contributed by atoms with Crippen LogP contribution in [0.1, 0.15) is 52.0 Å². The molecule has 2 aromatic heterocycles. The van der Waals surface area contributed by atoms with Gasteiger partial charge in [-0.1, -0.05) is 9.84 Å².